The summed E-state index contributed by atoms with van der Waals surface area (Å²) >= 11 is 0. The molecule has 0 aromatic heterocycles. The first-order valence-corrected chi connectivity index (χ1v) is 5.94. The maximum Gasteiger partial charge on any atom is 0.308 e. The van der Waals surface area contributed by atoms with Gasteiger partial charge in [-0.1, -0.05) is 6.92 Å². The lowest BCUT2D eigenvalue weighted by atomic mass is 9.99. The van der Waals surface area contributed by atoms with Crippen LogP contribution >= 0.6 is 0 Å². The molecule has 1 aromatic rings. The van der Waals surface area contributed by atoms with Gasteiger partial charge in [-0.2, -0.15) is 0 Å². The van der Waals surface area contributed by atoms with Crippen molar-refractivity contribution in [1.82, 2.24) is 4.90 Å². The quantitative estimate of drug-likeness (QED) is 0.690. The van der Waals surface area contributed by atoms with Crippen molar-refractivity contribution < 1.29 is 24.9 Å². The zero-order valence-corrected chi connectivity index (χ0v) is 10.4. The Bertz CT molecular complexity index is 528. The normalized spacial score (nSPS) is 22.5. The Morgan fingerprint density at radius 2 is 1.89 bits per heavy atom. The first-order chi connectivity index (χ1) is 8.90. The number of phenols is 2. The zero-order chi connectivity index (χ0) is 14.2. The Balaban J connectivity index is 2.17. The first kappa shape index (κ1) is 13.2. The molecule has 3 N–H and O–H groups in total. The van der Waals surface area contributed by atoms with Crippen molar-refractivity contribution in [2.24, 2.45) is 11.8 Å². The molecule has 1 aliphatic rings. The summed E-state index contributed by atoms with van der Waals surface area (Å²) in [6.45, 7) is 2.33. The number of phenolic OH excluding ortho intramolecular Hbond substituents is 2. The predicted octanol–water partition coefficient (Wildman–Crippen LogP) is 0.890. The second kappa shape index (κ2) is 4.79. The predicted molar refractivity (Wildman–Crippen MR) is 66.0 cm³/mol. The van der Waals surface area contributed by atoms with Crippen LogP contribution in [-0.2, 0) is 4.79 Å². The van der Waals surface area contributed by atoms with Gasteiger partial charge in [-0.15, -0.1) is 0 Å². The van der Waals surface area contributed by atoms with Gasteiger partial charge in [0.05, 0.1) is 5.92 Å². The molecule has 102 valence electrons. The number of hydrogen-bond acceptors (Lipinski definition) is 4. The molecule has 1 aromatic carbocycles. The Morgan fingerprint density at radius 3 is 2.42 bits per heavy atom. The maximum atomic E-state index is 12.2. The number of likely N-dealkylation sites (tertiary alicyclic amines) is 1. The van der Waals surface area contributed by atoms with Crippen molar-refractivity contribution in [2.45, 2.75) is 6.92 Å². The van der Waals surface area contributed by atoms with Crippen molar-refractivity contribution in [3.05, 3.63) is 23.8 Å². The van der Waals surface area contributed by atoms with E-state index < -0.39 is 11.9 Å². The van der Waals surface area contributed by atoms with Crippen LogP contribution in [0.15, 0.2) is 18.2 Å². The largest absolute Gasteiger partial charge is 0.504 e. The van der Waals surface area contributed by atoms with Gasteiger partial charge in [-0.3, -0.25) is 9.59 Å². The van der Waals surface area contributed by atoms with E-state index in [1.54, 1.807) is 6.92 Å². The summed E-state index contributed by atoms with van der Waals surface area (Å²) < 4.78 is 0. The average Bonchev–Trinajstić information content (AvgIpc) is 2.74. The lowest BCUT2D eigenvalue weighted by Crippen LogP contribution is -2.29. The SMILES string of the molecule is C[C@@H]1CN(C(=O)c2ccc(O)c(O)c2)C[C@H]1C(=O)O. The molecule has 6 nitrogen and oxygen atoms in total. The molecule has 0 aliphatic carbocycles. The van der Waals surface area contributed by atoms with Crippen LogP contribution in [0.5, 0.6) is 11.5 Å². The summed E-state index contributed by atoms with van der Waals surface area (Å²) in [4.78, 5) is 24.6. The minimum atomic E-state index is -0.906. The number of carbonyl (C=O) groups is 2. The van der Waals surface area contributed by atoms with E-state index in [1.807, 2.05) is 0 Å². The van der Waals surface area contributed by atoms with Crippen molar-refractivity contribution in [3.63, 3.8) is 0 Å². The summed E-state index contributed by atoms with van der Waals surface area (Å²) in [7, 11) is 0. The number of carboxylic acid groups (broad SMARTS) is 1. The smallest absolute Gasteiger partial charge is 0.308 e. The monoisotopic (exact) mass is 265 g/mol. The van der Waals surface area contributed by atoms with Crippen LogP contribution in [0, 0.1) is 11.8 Å². The highest BCUT2D eigenvalue weighted by atomic mass is 16.4. The molecular formula is C13H15NO5. The molecule has 1 fully saturated rings. The summed E-state index contributed by atoms with van der Waals surface area (Å²) in [5.74, 6) is -2.58. The molecule has 0 radical (unpaired) electrons. The Kier molecular flexibility index (Phi) is 3.33. The highest BCUT2D eigenvalue weighted by Gasteiger charge is 2.37. The molecule has 1 saturated heterocycles. The number of hydrogen-bond donors (Lipinski definition) is 3. The number of carbonyl (C=O) groups excluding carboxylic acids is 1. The van der Waals surface area contributed by atoms with Crippen molar-refractivity contribution in [2.75, 3.05) is 13.1 Å². The molecule has 2 rings (SSSR count). The molecule has 19 heavy (non-hydrogen) atoms. The second-order valence-corrected chi connectivity index (χ2v) is 4.84. The summed E-state index contributed by atoms with van der Waals surface area (Å²) in [6, 6.07) is 3.81. The van der Waals surface area contributed by atoms with Gasteiger partial charge < -0.3 is 20.2 Å². The van der Waals surface area contributed by atoms with E-state index in [0.717, 1.165) is 0 Å². The van der Waals surface area contributed by atoms with E-state index in [9.17, 15) is 19.8 Å². The molecule has 6 heteroatoms. The number of carboxylic acids is 1. The van der Waals surface area contributed by atoms with Gasteiger partial charge in [-0.05, 0) is 24.1 Å². The van der Waals surface area contributed by atoms with Crippen LogP contribution in [-0.4, -0.2) is 45.2 Å². The van der Waals surface area contributed by atoms with Crippen molar-refractivity contribution in [1.29, 1.82) is 0 Å². The minimum absolute atomic E-state index is 0.104. The van der Waals surface area contributed by atoms with E-state index in [-0.39, 0.29) is 35.4 Å². The van der Waals surface area contributed by atoms with Gasteiger partial charge in [0.15, 0.2) is 11.5 Å². The fourth-order valence-electron chi connectivity index (χ4n) is 2.29. The third kappa shape index (κ3) is 2.47. The Labute approximate surface area is 109 Å². The molecule has 1 aliphatic heterocycles. The second-order valence-electron chi connectivity index (χ2n) is 4.84. The fourth-order valence-corrected chi connectivity index (χ4v) is 2.29. The van der Waals surface area contributed by atoms with Gasteiger partial charge in [0.2, 0.25) is 0 Å². The highest BCUT2D eigenvalue weighted by Crippen LogP contribution is 2.28. The van der Waals surface area contributed by atoms with Gasteiger partial charge in [0.1, 0.15) is 0 Å². The van der Waals surface area contributed by atoms with E-state index in [2.05, 4.69) is 0 Å². The number of rotatable bonds is 2. The Hall–Kier alpha value is -2.24. The number of nitrogens with zero attached hydrogens (tertiary/aromatic N) is 1. The summed E-state index contributed by atoms with van der Waals surface area (Å²) in [6.07, 6.45) is 0. The minimum Gasteiger partial charge on any atom is -0.504 e. The Morgan fingerprint density at radius 1 is 1.21 bits per heavy atom. The summed E-state index contributed by atoms with van der Waals surface area (Å²) in [5, 5.41) is 27.6. The van der Waals surface area contributed by atoms with E-state index in [4.69, 9.17) is 5.11 Å². The van der Waals surface area contributed by atoms with Crippen LogP contribution < -0.4 is 0 Å². The number of benzene rings is 1. The van der Waals surface area contributed by atoms with Gasteiger partial charge in [0, 0.05) is 18.7 Å². The van der Waals surface area contributed by atoms with Crippen LogP contribution in [0.3, 0.4) is 0 Å². The first-order valence-electron chi connectivity index (χ1n) is 5.94. The van der Waals surface area contributed by atoms with Gasteiger partial charge >= 0.3 is 5.97 Å². The molecule has 1 amide bonds. The van der Waals surface area contributed by atoms with Crippen molar-refractivity contribution in [3.8, 4) is 11.5 Å². The van der Waals surface area contributed by atoms with Crippen LogP contribution in [0.25, 0.3) is 0 Å². The molecule has 1 heterocycles. The molecule has 0 saturated carbocycles. The third-order valence-electron chi connectivity index (χ3n) is 3.44. The van der Waals surface area contributed by atoms with Gasteiger partial charge in [-0.25, -0.2) is 0 Å². The van der Waals surface area contributed by atoms with Crippen molar-refractivity contribution >= 4 is 11.9 Å². The average molecular weight is 265 g/mol. The fraction of sp³-hybridized carbons (Fsp3) is 0.385. The zero-order valence-electron chi connectivity index (χ0n) is 10.4. The van der Waals surface area contributed by atoms with Crippen LogP contribution in [0.2, 0.25) is 0 Å². The third-order valence-corrected chi connectivity index (χ3v) is 3.44. The maximum absolute atomic E-state index is 12.2. The number of aliphatic carboxylic acids is 1. The topological polar surface area (TPSA) is 98.1 Å². The molecular weight excluding hydrogens is 250 g/mol. The highest BCUT2D eigenvalue weighted by molar-refractivity contribution is 5.95. The van der Waals surface area contributed by atoms with E-state index in [1.165, 1.54) is 23.1 Å². The van der Waals surface area contributed by atoms with E-state index >= 15 is 0 Å². The molecule has 2 atom stereocenters. The standard InChI is InChI=1S/C13H15NO5/c1-7-5-14(6-9(7)13(18)19)12(17)8-2-3-10(15)11(16)4-8/h2-4,7,9,15-16H,5-6H2,1H3,(H,18,19)/t7-,9-/m1/s1. The van der Waals surface area contributed by atoms with Gasteiger partial charge in [0.25, 0.3) is 5.91 Å². The van der Waals surface area contributed by atoms with Crippen LogP contribution in [0.4, 0.5) is 0 Å². The number of amides is 1. The van der Waals surface area contributed by atoms with Crippen LogP contribution in [0.1, 0.15) is 17.3 Å². The lowest BCUT2D eigenvalue weighted by Gasteiger charge is -2.16. The molecule has 0 bridgehead atoms. The lowest BCUT2D eigenvalue weighted by molar-refractivity contribution is -0.142. The molecule has 0 spiro atoms. The number of aromatic hydroxyl groups is 2. The van der Waals surface area contributed by atoms with E-state index in [0.29, 0.717) is 6.54 Å². The summed E-state index contributed by atoms with van der Waals surface area (Å²) in [5.41, 5.74) is 0.230. The molecule has 0 unspecified atom stereocenters.